The average Bonchev–Trinajstić information content (AvgIpc) is 2.75. The second-order valence-corrected chi connectivity index (χ2v) is 8.50. The van der Waals surface area contributed by atoms with Crippen molar-refractivity contribution in [2.45, 2.75) is 52.2 Å². The van der Waals surface area contributed by atoms with Gasteiger partial charge in [0.25, 0.3) is 0 Å². The number of carbonyl (C=O) groups excluding carboxylic acids is 2. The number of ether oxygens (including phenoxy) is 2. The van der Waals surface area contributed by atoms with Crippen molar-refractivity contribution in [3.63, 3.8) is 0 Å². The summed E-state index contributed by atoms with van der Waals surface area (Å²) < 4.78 is 11.4. The predicted octanol–water partition coefficient (Wildman–Crippen LogP) is 4.16. The van der Waals surface area contributed by atoms with Gasteiger partial charge in [-0.25, -0.2) is 14.6 Å². The lowest BCUT2D eigenvalue weighted by Crippen LogP contribution is -2.44. The smallest absolute Gasteiger partial charge is 0.412 e. The molecule has 134 valence electrons. The van der Waals surface area contributed by atoms with Gasteiger partial charge in [0, 0.05) is 25.9 Å². The number of hydrogen-bond acceptors (Lipinski definition) is 6. The molecule has 1 aromatic rings. The summed E-state index contributed by atoms with van der Waals surface area (Å²) >= 11 is 4.66. The maximum absolute atomic E-state index is 12.0. The van der Waals surface area contributed by atoms with Gasteiger partial charge in [-0.3, -0.25) is 5.32 Å². The van der Waals surface area contributed by atoms with Crippen LogP contribution in [-0.2, 0) is 9.47 Å². The Morgan fingerprint density at radius 1 is 1.33 bits per heavy atom. The fourth-order valence-electron chi connectivity index (χ4n) is 2.23. The highest BCUT2D eigenvalue weighted by Crippen LogP contribution is 2.29. The summed E-state index contributed by atoms with van der Waals surface area (Å²) in [6.45, 7) is 8.39. The Balaban J connectivity index is 1.77. The number of hydrogen-bond donors (Lipinski definition) is 1. The molecule has 1 saturated heterocycles. The van der Waals surface area contributed by atoms with Crippen LogP contribution in [-0.4, -0.2) is 46.9 Å². The van der Waals surface area contributed by atoms with Crippen LogP contribution in [0.2, 0.25) is 0 Å². The monoisotopic (exact) mass is 419 g/mol. The maximum Gasteiger partial charge on any atom is 0.412 e. The average molecular weight is 420 g/mol. The van der Waals surface area contributed by atoms with Gasteiger partial charge in [-0.2, -0.15) is 0 Å². The molecule has 1 aliphatic heterocycles. The van der Waals surface area contributed by atoms with Crippen LogP contribution >= 0.6 is 27.3 Å². The standard InChI is InChI=1S/C15H22BrN3O4S/c1-9-17-11(16)12(24-9)18-13(20)22-10-5-7-19(8-6-10)14(21)23-15(2,3)4/h10H,5-8H2,1-4H3,(H,18,20). The third-order valence-corrected chi connectivity index (χ3v) is 5.00. The largest absolute Gasteiger partial charge is 0.446 e. The van der Waals surface area contributed by atoms with Crippen molar-refractivity contribution in [3.05, 3.63) is 9.61 Å². The number of halogens is 1. The fraction of sp³-hybridized carbons (Fsp3) is 0.667. The number of amides is 2. The zero-order valence-corrected chi connectivity index (χ0v) is 16.6. The summed E-state index contributed by atoms with van der Waals surface area (Å²) in [6, 6.07) is 0. The molecule has 1 N–H and O–H groups in total. The number of likely N-dealkylation sites (tertiary alicyclic amines) is 1. The zero-order chi connectivity index (χ0) is 17.9. The molecule has 0 aromatic carbocycles. The molecule has 0 radical (unpaired) electrons. The van der Waals surface area contributed by atoms with Gasteiger partial charge in [0.2, 0.25) is 0 Å². The number of nitrogens with one attached hydrogen (secondary N) is 1. The third kappa shape index (κ3) is 5.62. The first-order chi connectivity index (χ1) is 11.1. The van der Waals surface area contributed by atoms with Crippen molar-refractivity contribution >= 4 is 44.5 Å². The lowest BCUT2D eigenvalue weighted by atomic mass is 10.1. The molecule has 0 atom stereocenters. The van der Waals surface area contributed by atoms with Crippen LogP contribution in [0.5, 0.6) is 0 Å². The Kier molecular flexibility index (Phi) is 6.08. The Morgan fingerprint density at radius 2 is 1.96 bits per heavy atom. The van der Waals surface area contributed by atoms with Crippen LogP contribution in [0.3, 0.4) is 0 Å². The number of anilines is 1. The number of aromatic nitrogens is 1. The number of carbonyl (C=O) groups is 2. The lowest BCUT2D eigenvalue weighted by Gasteiger charge is -2.33. The minimum absolute atomic E-state index is 0.212. The highest BCUT2D eigenvalue weighted by Gasteiger charge is 2.28. The van der Waals surface area contributed by atoms with Crippen LogP contribution in [0.15, 0.2) is 4.60 Å². The molecular weight excluding hydrogens is 398 g/mol. The molecule has 0 aliphatic carbocycles. The SMILES string of the molecule is Cc1nc(Br)c(NC(=O)OC2CCN(C(=O)OC(C)(C)C)CC2)s1. The van der Waals surface area contributed by atoms with E-state index in [-0.39, 0.29) is 12.2 Å². The van der Waals surface area contributed by atoms with Gasteiger partial charge < -0.3 is 14.4 Å². The highest BCUT2D eigenvalue weighted by atomic mass is 79.9. The Labute approximate surface area is 153 Å². The van der Waals surface area contributed by atoms with E-state index < -0.39 is 11.7 Å². The number of nitrogens with zero attached hydrogens (tertiary/aromatic N) is 2. The molecule has 1 aliphatic rings. The van der Waals surface area contributed by atoms with Crippen LogP contribution in [0, 0.1) is 6.92 Å². The number of rotatable bonds is 2. The number of aryl methyl sites for hydroxylation is 1. The van der Waals surface area contributed by atoms with Gasteiger partial charge in [-0.1, -0.05) is 0 Å². The summed E-state index contributed by atoms with van der Waals surface area (Å²) in [6.07, 6.45) is 0.145. The summed E-state index contributed by atoms with van der Waals surface area (Å²) in [5, 5.41) is 4.16. The normalized spacial score (nSPS) is 16.0. The number of piperidine rings is 1. The molecule has 1 aromatic heterocycles. The van der Waals surface area contributed by atoms with Crippen LogP contribution in [0.25, 0.3) is 0 Å². The molecule has 0 saturated carbocycles. The molecule has 0 spiro atoms. The van der Waals surface area contributed by atoms with Crippen molar-refractivity contribution < 1.29 is 19.1 Å². The molecule has 9 heteroatoms. The predicted molar refractivity (Wildman–Crippen MR) is 95.5 cm³/mol. The van der Waals surface area contributed by atoms with Crippen LogP contribution in [0.1, 0.15) is 38.6 Å². The summed E-state index contributed by atoms with van der Waals surface area (Å²) in [5.74, 6) is 0. The van der Waals surface area contributed by atoms with Gasteiger partial charge >= 0.3 is 12.2 Å². The van der Waals surface area contributed by atoms with Crippen LogP contribution < -0.4 is 5.32 Å². The fourth-order valence-corrected chi connectivity index (χ4v) is 3.66. The molecule has 0 bridgehead atoms. The summed E-state index contributed by atoms with van der Waals surface area (Å²) in [4.78, 5) is 29.8. The van der Waals surface area contributed by atoms with E-state index >= 15 is 0 Å². The van der Waals surface area contributed by atoms with E-state index in [0.29, 0.717) is 35.5 Å². The van der Waals surface area contributed by atoms with E-state index in [1.807, 2.05) is 27.7 Å². The molecule has 7 nitrogen and oxygen atoms in total. The first-order valence-electron chi connectivity index (χ1n) is 7.72. The van der Waals surface area contributed by atoms with E-state index in [1.54, 1.807) is 4.90 Å². The van der Waals surface area contributed by atoms with Gasteiger partial charge in [0.05, 0.1) is 5.01 Å². The van der Waals surface area contributed by atoms with Crippen molar-refractivity contribution in [3.8, 4) is 0 Å². The Bertz CT molecular complexity index is 606. The second-order valence-electron chi connectivity index (χ2n) is 6.55. The molecule has 2 amide bonds. The first kappa shape index (κ1) is 19.0. The van der Waals surface area contributed by atoms with E-state index in [1.165, 1.54) is 11.3 Å². The maximum atomic E-state index is 12.0. The number of thiazole rings is 1. The molecule has 1 fully saturated rings. The van der Waals surface area contributed by atoms with Crippen molar-refractivity contribution in [2.24, 2.45) is 0 Å². The van der Waals surface area contributed by atoms with Gasteiger partial charge in [-0.05, 0) is 43.6 Å². The summed E-state index contributed by atoms with van der Waals surface area (Å²) in [5.41, 5.74) is -0.509. The quantitative estimate of drug-likeness (QED) is 0.777. The third-order valence-electron chi connectivity index (χ3n) is 3.28. The van der Waals surface area contributed by atoms with E-state index in [2.05, 4.69) is 26.2 Å². The van der Waals surface area contributed by atoms with Crippen molar-refractivity contribution in [1.82, 2.24) is 9.88 Å². The van der Waals surface area contributed by atoms with Crippen molar-refractivity contribution in [2.75, 3.05) is 18.4 Å². The summed E-state index contributed by atoms with van der Waals surface area (Å²) in [7, 11) is 0. The van der Waals surface area contributed by atoms with Crippen LogP contribution in [0.4, 0.5) is 14.6 Å². The van der Waals surface area contributed by atoms with Gasteiger partial charge in [0.1, 0.15) is 21.3 Å². The molecular formula is C15H22BrN3O4S. The van der Waals surface area contributed by atoms with Crippen molar-refractivity contribution in [1.29, 1.82) is 0 Å². The molecule has 0 unspecified atom stereocenters. The lowest BCUT2D eigenvalue weighted by molar-refractivity contribution is 0.00794. The van der Waals surface area contributed by atoms with E-state index in [9.17, 15) is 9.59 Å². The van der Waals surface area contributed by atoms with Gasteiger partial charge in [-0.15, -0.1) is 11.3 Å². The highest BCUT2D eigenvalue weighted by molar-refractivity contribution is 9.10. The minimum atomic E-state index is -0.509. The first-order valence-corrected chi connectivity index (χ1v) is 9.33. The Morgan fingerprint density at radius 3 is 2.46 bits per heavy atom. The second kappa shape index (κ2) is 7.69. The van der Waals surface area contributed by atoms with Gasteiger partial charge in [0.15, 0.2) is 0 Å². The van der Waals surface area contributed by atoms with E-state index in [0.717, 1.165) is 5.01 Å². The zero-order valence-electron chi connectivity index (χ0n) is 14.2. The molecule has 2 rings (SSSR count). The Hall–Kier alpha value is -1.35. The molecule has 2 heterocycles. The minimum Gasteiger partial charge on any atom is -0.446 e. The topological polar surface area (TPSA) is 80.8 Å². The van der Waals surface area contributed by atoms with E-state index in [4.69, 9.17) is 9.47 Å². The molecule has 24 heavy (non-hydrogen) atoms.